The molecule has 0 amide bonds. The van der Waals surface area contributed by atoms with E-state index in [4.69, 9.17) is 4.74 Å². The first-order chi connectivity index (χ1) is 9.17. The Bertz CT molecular complexity index is 387. The van der Waals surface area contributed by atoms with Crippen LogP contribution >= 0.6 is 0 Å². The summed E-state index contributed by atoms with van der Waals surface area (Å²) in [6, 6.07) is 0.833. The zero-order chi connectivity index (χ0) is 15.5. The molecule has 1 saturated heterocycles. The van der Waals surface area contributed by atoms with Gasteiger partial charge < -0.3 is 4.74 Å². The average molecular weight is 306 g/mol. The summed E-state index contributed by atoms with van der Waals surface area (Å²) in [5.74, 6) is 0. The van der Waals surface area contributed by atoms with Crippen molar-refractivity contribution in [3.8, 4) is 0 Å². The van der Waals surface area contributed by atoms with Crippen LogP contribution in [0.3, 0.4) is 0 Å². The summed E-state index contributed by atoms with van der Waals surface area (Å²) in [7, 11) is -1.57. The maximum atomic E-state index is 12.5. The third kappa shape index (κ3) is 4.16. The van der Waals surface area contributed by atoms with Crippen molar-refractivity contribution >= 4 is 10.0 Å². The van der Waals surface area contributed by atoms with Crippen LogP contribution in [0.15, 0.2) is 0 Å². The molecule has 2 atom stereocenters. The SMILES string of the molecule is CC(C)N(CCN(C)S(=O)(=O)[C@H]1CCO[C@@H]1C)C(C)C. The van der Waals surface area contributed by atoms with Crippen LogP contribution in [0.1, 0.15) is 41.0 Å². The van der Waals surface area contributed by atoms with Gasteiger partial charge in [0.05, 0.1) is 6.10 Å². The van der Waals surface area contributed by atoms with Crippen molar-refractivity contribution in [3.05, 3.63) is 0 Å². The molecule has 0 aliphatic carbocycles. The Morgan fingerprint density at radius 3 is 2.10 bits per heavy atom. The molecule has 0 aromatic carbocycles. The Hall–Kier alpha value is -0.170. The third-order valence-electron chi connectivity index (χ3n) is 4.12. The monoisotopic (exact) mass is 306 g/mol. The molecule has 0 spiro atoms. The Morgan fingerprint density at radius 1 is 1.15 bits per heavy atom. The van der Waals surface area contributed by atoms with Crippen molar-refractivity contribution in [2.75, 3.05) is 26.7 Å². The topological polar surface area (TPSA) is 49.9 Å². The molecule has 0 aromatic rings. The summed E-state index contributed by atoms with van der Waals surface area (Å²) in [6.07, 6.45) is 0.403. The largest absolute Gasteiger partial charge is 0.377 e. The van der Waals surface area contributed by atoms with Gasteiger partial charge in [-0.2, -0.15) is 0 Å². The first kappa shape index (κ1) is 17.9. The highest BCUT2D eigenvalue weighted by atomic mass is 32.2. The van der Waals surface area contributed by atoms with E-state index in [0.29, 0.717) is 31.7 Å². The minimum atomic E-state index is -3.25. The van der Waals surface area contributed by atoms with Gasteiger partial charge in [-0.15, -0.1) is 0 Å². The fraction of sp³-hybridized carbons (Fsp3) is 1.00. The lowest BCUT2D eigenvalue weighted by atomic mass is 10.2. The number of rotatable bonds is 7. The van der Waals surface area contributed by atoms with E-state index in [0.717, 1.165) is 6.54 Å². The number of hydrogen-bond acceptors (Lipinski definition) is 4. The molecular weight excluding hydrogens is 276 g/mol. The van der Waals surface area contributed by atoms with Gasteiger partial charge in [-0.3, -0.25) is 4.90 Å². The van der Waals surface area contributed by atoms with E-state index < -0.39 is 10.0 Å². The molecule has 0 N–H and O–H groups in total. The van der Waals surface area contributed by atoms with Gasteiger partial charge in [0.1, 0.15) is 5.25 Å². The predicted molar refractivity (Wildman–Crippen MR) is 82.3 cm³/mol. The zero-order valence-corrected chi connectivity index (χ0v) is 14.5. The molecule has 1 rings (SSSR count). The Balaban J connectivity index is 2.63. The van der Waals surface area contributed by atoms with E-state index >= 15 is 0 Å². The van der Waals surface area contributed by atoms with Gasteiger partial charge in [0.15, 0.2) is 0 Å². The zero-order valence-electron chi connectivity index (χ0n) is 13.7. The molecule has 0 bridgehead atoms. The molecule has 5 nitrogen and oxygen atoms in total. The lowest BCUT2D eigenvalue weighted by Crippen LogP contribution is -2.46. The van der Waals surface area contributed by atoms with E-state index in [-0.39, 0.29) is 11.4 Å². The fourth-order valence-electron chi connectivity index (χ4n) is 2.83. The summed E-state index contributed by atoms with van der Waals surface area (Å²) in [5.41, 5.74) is 0. The van der Waals surface area contributed by atoms with Crippen LogP contribution in [-0.4, -0.2) is 67.8 Å². The molecule has 1 heterocycles. The number of ether oxygens (including phenoxy) is 1. The van der Waals surface area contributed by atoms with Gasteiger partial charge in [-0.05, 0) is 41.0 Å². The first-order valence-electron chi connectivity index (χ1n) is 7.50. The molecule has 0 unspecified atom stereocenters. The minimum absolute atomic E-state index is 0.200. The molecule has 0 aromatic heterocycles. The van der Waals surface area contributed by atoms with E-state index in [2.05, 4.69) is 32.6 Å². The summed E-state index contributed by atoms with van der Waals surface area (Å²) in [4.78, 5) is 2.31. The minimum Gasteiger partial charge on any atom is -0.377 e. The van der Waals surface area contributed by atoms with Crippen molar-refractivity contribution in [2.45, 2.75) is 64.5 Å². The normalized spacial score (nSPS) is 24.5. The van der Waals surface area contributed by atoms with Crippen LogP contribution in [0.4, 0.5) is 0 Å². The molecule has 1 aliphatic heterocycles. The maximum Gasteiger partial charge on any atom is 0.219 e. The number of nitrogens with zero attached hydrogens (tertiary/aromatic N) is 2. The lowest BCUT2D eigenvalue weighted by molar-refractivity contribution is 0.125. The summed E-state index contributed by atoms with van der Waals surface area (Å²) < 4.78 is 31.9. The summed E-state index contributed by atoms with van der Waals surface area (Å²) in [5, 5.41) is -0.390. The third-order valence-corrected chi connectivity index (χ3v) is 6.56. The molecule has 120 valence electrons. The quantitative estimate of drug-likeness (QED) is 0.716. The molecule has 1 fully saturated rings. The van der Waals surface area contributed by atoms with Gasteiger partial charge >= 0.3 is 0 Å². The average Bonchev–Trinajstić information content (AvgIpc) is 2.75. The highest BCUT2D eigenvalue weighted by Crippen LogP contribution is 2.23. The smallest absolute Gasteiger partial charge is 0.219 e. The first-order valence-corrected chi connectivity index (χ1v) is 9.00. The summed E-state index contributed by atoms with van der Waals surface area (Å²) in [6.45, 7) is 12.2. The van der Waals surface area contributed by atoms with Crippen LogP contribution in [-0.2, 0) is 14.8 Å². The van der Waals surface area contributed by atoms with Gasteiger partial charge in [-0.1, -0.05) is 0 Å². The van der Waals surface area contributed by atoms with Crippen LogP contribution in [0.25, 0.3) is 0 Å². The molecule has 6 heteroatoms. The van der Waals surface area contributed by atoms with Gasteiger partial charge in [0, 0.05) is 38.8 Å². The van der Waals surface area contributed by atoms with Crippen molar-refractivity contribution in [3.63, 3.8) is 0 Å². The molecule has 20 heavy (non-hydrogen) atoms. The lowest BCUT2D eigenvalue weighted by Gasteiger charge is -2.32. The maximum absolute atomic E-state index is 12.5. The van der Waals surface area contributed by atoms with Crippen molar-refractivity contribution in [1.29, 1.82) is 0 Å². The molecule has 0 radical (unpaired) electrons. The van der Waals surface area contributed by atoms with Gasteiger partial charge in [0.2, 0.25) is 10.0 Å². The van der Waals surface area contributed by atoms with Gasteiger partial charge in [-0.25, -0.2) is 12.7 Å². The van der Waals surface area contributed by atoms with Crippen molar-refractivity contribution < 1.29 is 13.2 Å². The number of sulfonamides is 1. The van der Waals surface area contributed by atoms with Crippen LogP contribution in [0.5, 0.6) is 0 Å². The van der Waals surface area contributed by atoms with Gasteiger partial charge in [0.25, 0.3) is 0 Å². The standard InChI is InChI=1S/C14H30N2O3S/c1-11(2)16(12(3)4)9-8-15(6)20(17,18)14-7-10-19-13(14)5/h11-14H,7-10H2,1-6H3/t13-,14+/m1/s1. The highest BCUT2D eigenvalue weighted by Gasteiger charge is 2.38. The van der Waals surface area contributed by atoms with E-state index in [9.17, 15) is 8.42 Å². The fourth-order valence-corrected chi connectivity index (χ4v) is 4.59. The highest BCUT2D eigenvalue weighted by molar-refractivity contribution is 7.89. The molecule has 1 aliphatic rings. The van der Waals surface area contributed by atoms with E-state index in [1.807, 2.05) is 6.92 Å². The van der Waals surface area contributed by atoms with Crippen LogP contribution in [0.2, 0.25) is 0 Å². The molecule has 0 saturated carbocycles. The predicted octanol–water partition coefficient (Wildman–Crippen LogP) is 1.54. The Labute approximate surface area is 124 Å². The second-order valence-corrected chi connectivity index (χ2v) is 8.45. The van der Waals surface area contributed by atoms with Crippen LogP contribution in [0, 0.1) is 0 Å². The number of likely N-dealkylation sites (N-methyl/N-ethyl adjacent to an activating group) is 1. The number of hydrogen-bond donors (Lipinski definition) is 0. The van der Waals surface area contributed by atoms with Crippen molar-refractivity contribution in [2.24, 2.45) is 0 Å². The van der Waals surface area contributed by atoms with Crippen molar-refractivity contribution in [1.82, 2.24) is 9.21 Å². The van der Waals surface area contributed by atoms with Crippen LogP contribution < -0.4 is 0 Å². The summed E-state index contributed by atoms with van der Waals surface area (Å²) >= 11 is 0. The Morgan fingerprint density at radius 2 is 1.70 bits per heavy atom. The van der Waals surface area contributed by atoms with E-state index in [1.54, 1.807) is 7.05 Å². The Kier molecular flexibility index (Phi) is 6.44. The second-order valence-electron chi connectivity index (χ2n) is 6.19. The second kappa shape index (κ2) is 7.20. The van der Waals surface area contributed by atoms with E-state index in [1.165, 1.54) is 4.31 Å². The molecular formula is C14H30N2O3S.